The molecule has 1 heterocycles. The monoisotopic (exact) mass is 277 g/mol. The zero-order chi connectivity index (χ0) is 14.7. The van der Waals surface area contributed by atoms with Gasteiger partial charge >= 0.3 is 0 Å². The van der Waals surface area contributed by atoms with E-state index >= 15 is 0 Å². The minimum atomic E-state index is -0.0987. The molecule has 4 heteroatoms. The number of benzene rings is 2. The van der Waals surface area contributed by atoms with Gasteiger partial charge in [0.15, 0.2) is 0 Å². The lowest BCUT2D eigenvalue weighted by Crippen LogP contribution is -2.26. The lowest BCUT2D eigenvalue weighted by Gasteiger charge is -2.20. The van der Waals surface area contributed by atoms with Crippen LogP contribution in [0.4, 0.5) is 5.69 Å². The third kappa shape index (κ3) is 2.78. The molecule has 0 spiro atoms. The van der Waals surface area contributed by atoms with E-state index in [0.717, 1.165) is 30.6 Å². The van der Waals surface area contributed by atoms with Crippen molar-refractivity contribution in [3.8, 4) is 6.07 Å². The Hall–Kier alpha value is -2.64. The predicted molar refractivity (Wildman–Crippen MR) is 81.0 cm³/mol. The summed E-state index contributed by atoms with van der Waals surface area (Å²) in [6.07, 6.45) is 0.867. The van der Waals surface area contributed by atoms with Crippen LogP contribution in [0.25, 0.3) is 0 Å². The first-order valence-electron chi connectivity index (χ1n) is 6.91. The van der Waals surface area contributed by atoms with Gasteiger partial charge in [-0.15, -0.1) is 0 Å². The number of carbonyl (C=O) groups is 1. The van der Waals surface area contributed by atoms with E-state index in [-0.39, 0.29) is 5.91 Å². The Balaban J connectivity index is 1.84. The van der Waals surface area contributed by atoms with Crippen LogP contribution >= 0.6 is 0 Å². The number of amides is 1. The zero-order valence-electron chi connectivity index (χ0n) is 11.5. The van der Waals surface area contributed by atoms with E-state index in [0.29, 0.717) is 11.3 Å². The molecule has 2 aromatic rings. The Morgan fingerprint density at radius 2 is 2.00 bits per heavy atom. The topological polar surface area (TPSA) is 64.9 Å². The van der Waals surface area contributed by atoms with Crippen LogP contribution in [0.2, 0.25) is 0 Å². The molecule has 0 unspecified atom stereocenters. The van der Waals surface area contributed by atoms with Crippen molar-refractivity contribution < 1.29 is 4.79 Å². The molecule has 3 rings (SSSR count). The van der Waals surface area contributed by atoms with Crippen LogP contribution < -0.4 is 10.6 Å². The first-order valence-corrected chi connectivity index (χ1v) is 6.91. The summed E-state index contributed by atoms with van der Waals surface area (Å²) in [4.78, 5) is 12.4. The largest absolute Gasteiger partial charge is 0.322 e. The molecule has 1 aliphatic heterocycles. The highest BCUT2D eigenvalue weighted by Crippen LogP contribution is 2.20. The SMILES string of the molecule is N#Cc1ccc(NC(=O)c2cccc3c2CCNC3)cc1. The van der Waals surface area contributed by atoms with E-state index in [2.05, 4.69) is 22.8 Å². The molecule has 0 saturated heterocycles. The second-order valence-electron chi connectivity index (χ2n) is 5.01. The van der Waals surface area contributed by atoms with Crippen LogP contribution in [0.3, 0.4) is 0 Å². The van der Waals surface area contributed by atoms with Gasteiger partial charge in [-0.3, -0.25) is 4.79 Å². The third-order valence-corrected chi connectivity index (χ3v) is 3.66. The highest BCUT2D eigenvalue weighted by atomic mass is 16.1. The zero-order valence-corrected chi connectivity index (χ0v) is 11.5. The number of carbonyl (C=O) groups excluding carboxylic acids is 1. The average Bonchev–Trinajstić information content (AvgIpc) is 2.55. The highest BCUT2D eigenvalue weighted by molar-refractivity contribution is 6.05. The van der Waals surface area contributed by atoms with Crippen molar-refractivity contribution in [3.05, 3.63) is 64.7 Å². The normalized spacial score (nSPS) is 13.1. The van der Waals surface area contributed by atoms with Crippen LogP contribution in [0, 0.1) is 11.3 Å². The third-order valence-electron chi connectivity index (χ3n) is 3.66. The van der Waals surface area contributed by atoms with E-state index in [1.807, 2.05) is 12.1 Å². The van der Waals surface area contributed by atoms with Crippen molar-refractivity contribution in [2.45, 2.75) is 13.0 Å². The molecule has 2 N–H and O–H groups in total. The summed E-state index contributed by atoms with van der Waals surface area (Å²) in [7, 11) is 0. The standard InChI is InChI=1S/C17H15N3O/c18-10-12-4-6-14(7-5-12)20-17(21)16-3-1-2-13-11-19-9-8-15(13)16/h1-7,19H,8-9,11H2,(H,20,21). The van der Waals surface area contributed by atoms with Crippen LogP contribution in [-0.2, 0) is 13.0 Å². The van der Waals surface area contributed by atoms with Gasteiger partial charge in [0.2, 0.25) is 0 Å². The summed E-state index contributed by atoms with van der Waals surface area (Å²) in [5.74, 6) is -0.0987. The molecule has 1 amide bonds. The maximum atomic E-state index is 12.4. The van der Waals surface area contributed by atoms with Crippen molar-refractivity contribution >= 4 is 11.6 Å². The smallest absolute Gasteiger partial charge is 0.255 e. The molecule has 2 aromatic carbocycles. The number of rotatable bonds is 2. The number of anilines is 1. The molecule has 21 heavy (non-hydrogen) atoms. The maximum absolute atomic E-state index is 12.4. The van der Waals surface area contributed by atoms with Gasteiger partial charge in [-0.25, -0.2) is 0 Å². The average molecular weight is 277 g/mol. The van der Waals surface area contributed by atoms with Crippen LogP contribution in [0.5, 0.6) is 0 Å². The summed E-state index contributed by atoms with van der Waals surface area (Å²) in [5, 5.41) is 15.0. The maximum Gasteiger partial charge on any atom is 0.255 e. The fourth-order valence-electron chi connectivity index (χ4n) is 2.57. The van der Waals surface area contributed by atoms with Crippen molar-refractivity contribution in [1.29, 1.82) is 5.26 Å². The molecule has 0 bridgehead atoms. The number of hydrogen-bond donors (Lipinski definition) is 2. The van der Waals surface area contributed by atoms with Crippen molar-refractivity contribution in [2.24, 2.45) is 0 Å². The molecule has 0 aromatic heterocycles. The molecule has 4 nitrogen and oxygen atoms in total. The predicted octanol–water partition coefficient (Wildman–Crippen LogP) is 2.46. The molecular weight excluding hydrogens is 262 g/mol. The minimum absolute atomic E-state index is 0.0987. The fraction of sp³-hybridized carbons (Fsp3) is 0.176. The molecule has 0 atom stereocenters. The van der Waals surface area contributed by atoms with E-state index in [1.165, 1.54) is 5.56 Å². The molecule has 0 aliphatic carbocycles. The molecule has 0 fully saturated rings. The second kappa shape index (κ2) is 5.78. The second-order valence-corrected chi connectivity index (χ2v) is 5.01. The molecular formula is C17H15N3O. The fourth-order valence-corrected chi connectivity index (χ4v) is 2.57. The van der Waals surface area contributed by atoms with Crippen molar-refractivity contribution in [3.63, 3.8) is 0 Å². The van der Waals surface area contributed by atoms with Crippen LogP contribution in [-0.4, -0.2) is 12.5 Å². The molecule has 0 radical (unpaired) electrons. The van der Waals surface area contributed by atoms with Gasteiger partial charge in [0.1, 0.15) is 0 Å². The minimum Gasteiger partial charge on any atom is -0.322 e. The number of nitriles is 1. The van der Waals surface area contributed by atoms with Gasteiger partial charge < -0.3 is 10.6 Å². The quantitative estimate of drug-likeness (QED) is 0.886. The van der Waals surface area contributed by atoms with Crippen molar-refractivity contribution in [1.82, 2.24) is 5.32 Å². The highest BCUT2D eigenvalue weighted by Gasteiger charge is 2.17. The summed E-state index contributed by atoms with van der Waals surface area (Å²) < 4.78 is 0. The number of fused-ring (bicyclic) bond motifs is 1. The first kappa shape index (κ1) is 13.3. The number of nitrogens with one attached hydrogen (secondary N) is 2. The molecule has 0 saturated carbocycles. The molecule has 104 valence electrons. The lowest BCUT2D eigenvalue weighted by atomic mass is 9.95. The van der Waals surface area contributed by atoms with Crippen molar-refractivity contribution in [2.75, 3.05) is 11.9 Å². The van der Waals surface area contributed by atoms with Gasteiger partial charge in [0, 0.05) is 17.8 Å². The Kier molecular flexibility index (Phi) is 3.67. The Bertz CT molecular complexity index is 714. The Morgan fingerprint density at radius 1 is 1.19 bits per heavy atom. The first-order chi connectivity index (χ1) is 10.3. The Labute approximate surface area is 123 Å². The Morgan fingerprint density at radius 3 is 2.76 bits per heavy atom. The lowest BCUT2D eigenvalue weighted by molar-refractivity contribution is 0.102. The van der Waals surface area contributed by atoms with Gasteiger partial charge in [-0.1, -0.05) is 12.1 Å². The van der Waals surface area contributed by atoms with Gasteiger partial charge in [-0.05, 0) is 54.4 Å². The summed E-state index contributed by atoms with van der Waals surface area (Å²) in [5.41, 5.74) is 4.33. The van der Waals surface area contributed by atoms with E-state index in [4.69, 9.17) is 5.26 Å². The van der Waals surface area contributed by atoms with Crippen LogP contribution in [0.1, 0.15) is 27.0 Å². The summed E-state index contributed by atoms with van der Waals surface area (Å²) in [6.45, 7) is 1.71. The summed E-state index contributed by atoms with van der Waals surface area (Å²) in [6, 6.07) is 14.8. The van der Waals surface area contributed by atoms with E-state index < -0.39 is 0 Å². The van der Waals surface area contributed by atoms with Gasteiger partial charge in [0.25, 0.3) is 5.91 Å². The van der Waals surface area contributed by atoms with E-state index in [9.17, 15) is 4.79 Å². The van der Waals surface area contributed by atoms with Gasteiger partial charge in [0.05, 0.1) is 11.6 Å². The van der Waals surface area contributed by atoms with Gasteiger partial charge in [-0.2, -0.15) is 5.26 Å². The number of nitrogens with zero attached hydrogens (tertiary/aromatic N) is 1. The summed E-state index contributed by atoms with van der Waals surface area (Å²) >= 11 is 0. The number of hydrogen-bond acceptors (Lipinski definition) is 3. The van der Waals surface area contributed by atoms with E-state index in [1.54, 1.807) is 24.3 Å². The van der Waals surface area contributed by atoms with Crippen LogP contribution in [0.15, 0.2) is 42.5 Å². The molecule has 1 aliphatic rings.